The molecule has 0 spiro atoms. The van der Waals surface area contributed by atoms with E-state index in [4.69, 9.17) is 9.47 Å². The fourth-order valence-corrected chi connectivity index (χ4v) is 6.50. The Morgan fingerprint density at radius 2 is 0.875 bits per heavy atom. The lowest BCUT2D eigenvalue weighted by Gasteiger charge is -2.22. The lowest BCUT2D eigenvalue weighted by atomic mass is 10.0. The fraction of sp³-hybridized carbons (Fsp3) is 0.952. The van der Waals surface area contributed by atoms with Crippen LogP contribution >= 0.6 is 0 Å². The maximum absolute atomic E-state index is 12.7. The van der Waals surface area contributed by atoms with Gasteiger partial charge in [0.05, 0.1) is 6.61 Å². The number of rotatable bonds is 39. The Kier molecular flexibility index (Phi) is 37.7. The smallest absolute Gasteiger partial charge is 0.306 e. The first kappa shape index (κ1) is 46.9. The number of nitrogens with zero attached hydrogens (tertiary/aromatic N) is 1. The molecule has 0 aromatic heterocycles. The summed E-state index contributed by atoms with van der Waals surface area (Å²) >= 11 is 0. The Morgan fingerprint density at radius 1 is 0.479 bits per heavy atom. The van der Waals surface area contributed by atoms with Crippen LogP contribution in [0, 0.1) is 0 Å². The third-order valence-electron chi connectivity index (χ3n) is 9.66. The van der Waals surface area contributed by atoms with Crippen molar-refractivity contribution in [3.8, 4) is 0 Å². The van der Waals surface area contributed by atoms with Crippen LogP contribution in [0.5, 0.6) is 0 Å². The molecule has 1 N–H and O–H groups in total. The minimum absolute atomic E-state index is 0.0156. The molecule has 0 rings (SSSR count). The molecule has 6 heteroatoms. The first-order valence-corrected chi connectivity index (χ1v) is 21.3. The summed E-state index contributed by atoms with van der Waals surface area (Å²) < 4.78 is 11.4. The van der Waals surface area contributed by atoms with Crippen LogP contribution in [0.4, 0.5) is 0 Å². The molecule has 48 heavy (non-hydrogen) atoms. The van der Waals surface area contributed by atoms with Gasteiger partial charge < -0.3 is 19.5 Å². The largest absolute Gasteiger partial charge is 0.466 e. The van der Waals surface area contributed by atoms with E-state index in [1.165, 1.54) is 109 Å². The van der Waals surface area contributed by atoms with Gasteiger partial charge in [0.1, 0.15) is 6.10 Å². The molecule has 0 unspecified atom stereocenters. The van der Waals surface area contributed by atoms with Crippen molar-refractivity contribution in [2.24, 2.45) is 0 Å². The minimum atomic E-state index is -0.0388. The van der Waals surface area contributed by atoms with Crippen LogP contribution in [0.1, 0.15) is 220 Å². The Hall–Kier alpha value is -1.14. The van der Waals surface area contributed by atoms with E-state index in [2.05, 4.69) is 25.7 Å². The molecule has 0 aromatic carbocycles. The van der Waals surface area contributed by atoms with Crippen LogP contribution < -0.4 is 0 Å². The summed E-state index contributed by atoms with van der Waals surface area (Å²) in [5.41, 5.74) is 0. The van der Waals surface area contributed by atoms with Crippen molar-refractivity contribution in [2.45, 2.75) is 226 Å². The summed E-state index contributed by atoms with van der Waals surface area (Å²) in [6, 6.07) is 0. The van der Waals surface area contributed by atoms with Crippen molar-refractivity contribution < 1.29 is 24.2 Å². The highest BCUT2D eigenvalue weighted by molar-refractivity contribution is 5.69. The molecule has 0 aliphatic rings. The Bertz CT molecular complexity index is 656. The molecule has 6 nitrogen and oxygen atoms in total. The van der Waals surface area contributed by atoms with Gasteiger partial charge in [-0.1, -0.05) is 143 Å². The van der Waals surface area contributed by atoms with Gasteiger partial charge in [0.15, 0.2) is 0 Å². The predicted molar refractivity (Wildman–Crippen MR) is 205 cm³/mol. The Morgan fingerprint density at radius 3 is 1.38 bits per heavy atom. The molecule has 0 aromatic rings. The van der Waals surface area contributed by atoms with Gasteiger partial charge in [-0.15, -0.1) is 0 Å². The highest BCUT2D eigenvalue weighted by atomic mass is 16.5. The number of carbonyl (C=O) groups excluding carboxylic acids is 2. The van der Waals surface area contributed by atoms with Crippen molar-refractivity contribution >= 4 is 11.9 Å². The molecule has 0 aliphatic heterocycles. The van der Waals surface area contributed by atoms with Gasteiger partial charge in [-0.05, 0) is 77.3 Å². The standard InChI is InChI=1S/C42H83NO5/c1-4-7-10-13-16-23-31-40(32-24-17-14-11-8-5-2)48-42(46)34-26-18-15-20-27-35-43(37-30-38-44)36-28-21-19-25-33-41(45)47-39-29-22-12-9-6-3/h40,44H,4-39H2,1-3H3. The van der Waals surface area contributed by atoms with Crippen LogP contribution in [0.2, 0.25) is 0 Å². The second kappa shape index (κ2) is 38.7. The molecule has 0 heterocycles. The van der Waals surface area contributed by atoms with Gasteiger partial charge in [-0.2, -0.15) is 0 Å². The predicted octanol–water partition coefficient (Wildman–Crippen LogP) is 11.9. The van der Waals surface area contributed by atoms with E-state index in [0.717, 1.165) is 96.7 Å². The first-order valence-electron chi connectivity index (χ1n) is 21.3. The second-order valence-corrected chi connectivity index (χ2v) is 14.5. The summed E-state index contributed by atoms with van der Waals surface area (Å²) in [4.78, 5) is 27.1. The normalized spacial score (nSPS) is 11.5. The number of hydrogen-bond acceptors (Lipinski definition) is 6. The zero-order valence-corrected chi connectivity index (χ0v) is 32.6. The lowest BCUT2D eigenvalue weighted by Crippen LogP contribution is -2.27. The molecule has 0 saturated carbocycles. The third kappa shape index (κ3) is 34.7. The van der Waals surface area contributed by atoms with E-state index in [1.54, 1.807) is 0 Å². The topological polar surface area (TPSA) is 76.1 Å². The van der Waals surface area contributed by atoms with E-state index in [-0.39, 0.29) is 24.6 Å². The molecule has 286 valence electrons. The minimum Gasteiger partial charge on any atom is -0.466 e. The zero-order chi connectivity index (χ0) is 35.2. The quantitative estimate of drug-likeness (QED) is 0.0514. The van der Waals surface area contributed by atoms with E-state index >= 15 is 0 Å². The van der Waals surface area contributed by atoms with Crippen LogP contribution in [0.15, 0.2) is 0 Å². The monoisotopic (exact) mass is 682 g/mol. The van der Waals surface area contributed by atoms with Crippen molar-refractivity contribution in [3.05, 3.63) is 0 Å². The maximum atomic E-state index is 12.7. The highest BCUT2D eigenvalue weighted by Crippen LogP contribution is 2.18. The SMILES string of the molecule is CCCCCCCCC(CCCCCCCC)OC(=O)CCCCCCCN(CCCO)CCCCCCC(=O)OCCCCCCC. The zero-order valence-electron chi connectivity index (χ0n) is 32.6. The van der Waals surface area contributed by atoms with E-state index in [1.807, 2.05) is 0 Å². The molecule has 0 fully saturated rings. The summed E-state index contributed by atoms with van der Waals surface area (Å²) in [6.07, 6.45) is 35.2. The summed E-state index contributed by atoms with van der Waals surface area (Å²) in [5.74, 6) is -0.0232. The molecule has 0 amide bonds. The average Bonchev–Trinajstić information content (AvgIpc) is 3.08. The first-order chi connectivity index (χ1) is 23.6. The molecule has 0 bridgehead atoms. The number of aliphatic hydroxyl groups excluding tert-OH is 1. The maximum Gasteiger partial charge on any atom is 0.306 e. The molecular formula is C42H83NO5. The van der Waals surface area contributed by atoms with Gasteiger partial charge in [0, 0.05) is 26.0 Å². The van der Waals surface area contributed by atoms with Crippen molar-refractivity contribution in [1.82, 2.24) is 4.90 Å². The van der Waals surface area contributed by atoms with Crippen LogP contribution in [-0.4, -0.2) is 60.9 Å². The Balaban J connectivity index is 4.08. The number of aliphatic hydroxyl groups is 1. The molecule has 0 atom stereocenters. The van der Waals surface area contributed by atoms with Crippen molar-refractivity contribution in [1.29, 1.82) is 0 Å². The average molecular weight is 682 g/mol. The third-order valence-corrected chi connectivity index (χ3v) is 9.66. The van der Waals surface area contributed by atoms with E-state index in [0.29, 0.717) is 19.4 Å². The summed E-state index contributed by atoms with van der Waals surface area (Å²) in [7, 11) is 0. The van der Waals surface area contributed by atoms with Crippen LogP contribution in [-0.2, 0) is 19.1 Å². The molecule has 0 saturated heterocycles. The number of carbonyl (C=O) groups is 2. The molecule has 0 aliphatic carbocycles. The Labute approximate surface area is 299 Å². The van der Waals surface area contributed by atoms with Gasteiger partial charge in [0.25, 0.3) is 0 Å². The molecular weight excluding hydrogens is 598 g/mol. The van der Waals surface area contributed by atoms with E-state index in [9.17, 15) is 14.7 Å². The number of hydrogen-bond donors (Lipinski definition) is 1. The number of esters is 2. The van der Waals surface area contributed by atoms with Crippen LogP contribution in [0.3, 0.4) is 0 Å². The number of unbranched alkanes of at least 4 members (excludes halogenated alkanes) is 21. The van der Waals surface area contributed by atoms with Gasteiger partial charge in [-0.3, -0.25) is 9.59 Å². The van der Waals surface area contributed by atoms with Gasteiger partial charge >= 0.3 is 11.9 Å². The van der Waals surface area contributed by atoms with Crippen molar-refractivity contribution in [3.63, 3.8) is 0 Å². The summed E-state index contributed by atoms with van der Waals surface area (Å²) in [6.45, 7) is 10.6. The van der Waals surface area contributed by atoms with Crippen LogP contribution in [0.25, 0.3) is 0 Å². The fourth-order valence-electron chi connectivity index (χ4n) is 6.50. The second-order valence-electron chi connectivity index (χ2n) is 14.5. The van der Waals surface area contributed by atoms with Crippen molar-refractivity contribution in [2.75, 3.05) is 32.8 Å². The molecule has 0 radical (unpaired) electrons. The summed E-state index contributed by atoms with van der Waals surface area (Å²) in [5, 5.41) is 9.35. The van der Waals surface area contributed by atoms with Gasteiger partial charge in [-0.25, -0.2) is 0 Å². The van der Waals surface area contributed by atoms with Gasteiger partial charge in [0.2, 0.25) is 0 Å². The highest BCUT2D eigenvalue weighted by Gasteiger charge is 2.14. The van der Waals surface area contributed by atoms with E-state index < -0.39 is 0 Å². The number of ether oxygens (including phenoxy) is 2. The lowest BCUT2D eigenvalue weighted by molar-refractivity contribution is -0.150.